The van der Waals surface area contributed by atoms with E-state index in [9.17, 15) is 14.7 Å². The molecule has 11 heteroatoms. The van der Waals surface area contributed by atoms with Gasteiger partial charge in [0, 0.05) is 12.1 Å². The van der Waals surface area contributed by atoms with Crippen LogP contribution < -0.4 is 24.4 Å². The maximum Gasteiger partial charge on any atom is 0.337 e. The summed E-state index contributed by atoms with van der Waals surface area (Å²) in [6.07, 6.45) is 1.08. The average Bonchev–Trinajstić information content (AvgIpc) is 3.44. The lowest BCUT2D eigenvalue weighted by molar-refractivity contribution is 0.0103. The highest BCUT2D eigenvalue weighted by molar-refractivity contribution is 7.22. The molecule has 0 saturated carbocycles. The number of carboxylic acids is 1. The number of amides is 1. The van der Waals surface area contributed by atoms with Crippen LogP contribution in [-0.2, 0) is 4.74 Å². The van der Waals surface area contributed by atoms with E-state index in [1.165, 1.54) is 30.6 Å². The smallest absolute Gasteiger partial charge is 0.337 e. The van der Waals surface area contributed by atoms with E-state index < -0.39 is 11.9 Å². The maximum absolute atomic E-state index is 13.4. The molecule has 2 aromatic carbocycles. The Balaban J connectivity index is 1.39. The lowest BCUT2D eigenvalue weighted by atomic mass is 9.92. The number of carbonyl (C=O) groups is 2. The van der Waals surface area contributed by atoms with Crippen molar-refractivity contribution in [2.45, 2.75) is 18.5 Å². The number of fused-ring (bicyclic) bond motifs is 4. The van der Waals surface area contributed by atoms with Gasteiger partial charge in [-0.2, -0.15) is 0 Å². The number of carbonyl (C=O) groups excluding carboxylic acids is 1. The minimum atomic E-state index is -1.19. The molecule has 2 unspecified atom stereocenters. The highest BCUT2D eigenvalue weighted by Crippen LogP contribution is 2.43. The Kier molecular flexibility index (Phi) is 4.56. The van der Waals surface area contributed by atoms with E-state index in [1.54, 1.807) is 6.07 Å². The van der Waals surface area contributed by atoms with Gasteiger partial charge in [-0.05, 0) is 18.6 Å². The summed E-state index contributed by atoms with van der Waals surface area (Å²) in [6.45, 7) is 1.34. The number of hydrogen-bond acceptors (Lipinski definition) is 9. The Bertz CT molecular complexity index is 1290. The van der Waals surface area contributed by atoms with E-state index in [4.69, 9.17) is 23.9 Å². The quantitative estimate of drug-likeness (QED) is 0.581. The first-order valence-electron chi connectivity index (χ1n) is 10.4. The van der Waals surface area contributed by atoms with E-state index >= 15 is 0 Å². The topological polar surface area (TPSA) is 119 Å². The van der Waals surface area contributed by atoms with Crippen molar-refractivity contribution in [3.8, 4) is 17.2 Å². The van der Waals surface area contributed by atoms with Gasteiger partial charge in [0.15, 0.2) is 16.6 Å². The molecule has 1 aromatic heterocycles. The van der Waals surface area contributed by atoms with Gasteiger partial charge in [0.25, 0.3) is 5.91 Å². The lowest BCUT2D eigenvalue weighted by Crippen LogP contribution is -2.64. The van der Waals surface area contributed by atoms with E-state index in [2.05, 4.69) is 10.2 Å². The number of rotatable bonds is 5. The Morgan fingerprint density at radius 1 is 1.21 bits per heavy atom. The largest absolute Gasteiger partial charge is 0.496 e. The Hall–Kier alpha value is -3.57. The third-order valence-electron chi connectivity index (χ3n) is 6.12. The van der Waals surface area contributed by atoms with Crippen LogP contribution in [0, 0.1) is 0 Å². The second-order valence-electron chi connectivity index (χ2n) is 7.99. The van der Waals surface area contributed by atoms with E-state index in [0.29, 0.717) is 58.3 Å². The van der Waals surface area contributed by atoms with Crippen molar-refractivity contribution >= 4 is 44.2 Å². The van der Waals surface area contributed by atoms with Gasteiger partial charge in [-0.15, -0.1) is 0 Å². The van der Waals surface area contributed by atoms with Gasteiger partial charge in [0.2, 0.25) is 6.79 Å². The van der Waals surface area contributed by atoms with Gasteiger partial charge in [0.05, 0.1) is 53.9 Å². The number of benzene rings is 2. The van der Waals surface area contributed by atoms with E-state index in [-0.39, 0.29) is 18.0 Å². The third-order valence-corrected chi connectivity index (χ3v) is 7.22. The fraction of sp³-hybridized carbons (Fsp3) is 0.318. The number of methoxy groups -OCH3 is 1. The molecule has 0 spiro atoms. The highest BCUT2D eigenvalue weighted by Gasteiger charge is 2.44. The number of carboxylic acid groups (broad SMARTS) is 1. The number of nitrogens with one attached hydrogen (secondary N) is 1. The zero-order valence-corrected chi connectivity index (χ0v) is 18.3. The normalized spacial score (nSPS) is 20.5. The van der Waals surface area contributed by atoms with Crippen molar-refractivity contribution < 1.29 is 33.6 Å². The number of aromatic nitrogens is 1. The van der Waals surface area contributed by atoms with Crippen LogP contribution in [0.3, 0.4) is 0 Å². The van der Waals surface area contributed by atoms with Crippen molar-refractivity contribution in [1.82, 2.24) is 4.98 Å². The van der Waals surface area contributed by atoms with Crippen molar-refractivity contribution in [1.29, 1.82) is 0 Å². The summed E-state index contributed by atoms with van der Waals surface area (Å²) in [5, 5.41) is 13.2. The predicted molar refractivity (Wildman–Crippen MR) is 119 cm³/mol. The molecule has 2 N–H and O–H groups in total. The zero-order valence-electron chi connectivity index (χ0n) is 17.5. The number of nitrogens with zero attached hydrogens (tertiary/aromatic N) is 2. The molecule has 170 valence electrons. The standard InChI is InChI=1S/C22H19N3O7S/c1-29-15-3-2-13-19(33-22(24-13)25-10-4-11(25)8-30-7-10)18(15)20(26)23-14-6-17-16(31-9-32-17)5-12(14)21(27)28/h2-3,5-6,10-11H,4,7-9H2,1H3,(H,23,26)(H,27,28). The number of hydrogen-bond donors (Lipinski definition) is 2. The molecule has 0 radical (unpaired) electrons. The van der Waals surface area contributed by atoms with Gasteiger partial charge in [-0.25, -0.2) is 9.78 Å². The van der Waals surface area contributed by atoms with E-state index in [1.807, 2.05) is 6.07 Å². The first kappa shape index (κ1) is 20.1. The summed E-state index contributed by atoms with van der Waals surface area (Å²) in [6, 6.07) is 6.91. The molecule has 1 amide bonds. The van der Waals surface area contributed by atoms with Gasteiger partial charge < -0.3 is 34.3 Å². The van der Waals surface area contributed by atoms with Crippen LogP contribution in [0.15, 0.2) is 24.3 Å². The molecule has 2 fully saturated rings. The van der Waals surface area contributed by atoms with Crippen molar-refractivity contribution in [2.24, 2.45) is 0 Å². The first-order chi connectivity index (χ1) is 16.0. The minimum absolute atomic E-state index is 0.00784. The number of anilines is 2. The molecule has 3 aromatic rings. The number of thiazole rings is 1. The van der Waals surface area contributed by atoms with Gasteiger partial charge in [-0.1, -0.05) is 11.3 Å². The third kappa shape index (κ3) is 3.15. The van der Waals surface area contributed by atoms with Gasteiger partial charge in [0.1, 0.15) is 11.3 Å². The Morgan fingerprint density at radius 3 is 2.67 bits per heavy atom. The summed E-state index contributed by atoms with van der Waals surface area (Å²) in [7, 11) is 1.49. The Morgan fingerprint density at radius 2 is 1.97 bits per heavy atom. The first-order valence-corrected chi connectivity index (χ1v) is 11.2. The van der Waals surface area contributed by atoms with Crippen LogP contribution in [0.4, 0.5) is 10.8 Å². The molecule has 33 heavy (non-hydrogen) atoms. The Labute approximate surface area is 191 Å². The number of morpholine rings is 1. The highest BCUT2D eigenvalue weighted by atomic mass is 32.1. The summed E-state index contributed by atoms with van der Waals surface area (Å²) in [5.41, 5.74) is 0.984. The van der Waals surface area contributed by atoms with Gasteiger partial charge in [-0.3, -0.25) is 4.79 Å². The summed E-state index contributed by atoms with van der Waals surface area (Å²) in [4.78, 5) is 32.2. The SMILES string of the molecule is COc1ccc2nc(N3C4COCC3C4)sc2c1C(=O)Nc1cc2c(cc1C(=O)O)OCO2. The van der Waals surface area contributed by atoms with E-state index in [0.717, 1.165) is 11.6 Å². The van der Waals surface area contributed by atoms with Crippen molar-refractivity contribution in [3.05, 3.63) is 35.4 Å². The molecular weight excluding hydrogens is 450 g/mol. The van der Waals surface area contributed by atoms with Crippen LogP contribution >= 0.6 is 11.3 Å². The molecule has 6 rings (SSSR count). The monoisotopic (exact) mass is 469 g/mol. The molecule has 3 aliphatic heterocycles. The molecule has 4 heterocycles. The minimum Gasteiger partial charge on any atom is -0.496 e. The zero-order chi connectivity index (χ0) is 22.7. The number of ether oxygens (including phenoxy) is 4. The molecule has 2 saturated heterocycles. The fourth-order valence-corrected chi connectivity index (χ4v) is 5.76. The van der Waals surface area contributed by atoms with Crippen LogP contribution in [0.1, 0.15) is 27.1 Å². The number of aromatic carboxylic acids is 1. The lowest BCUT2D eigenvalue weighted by Gasteiger charge is -2.52. The van der Waals surface area contributed by atoms with Crippen LogP contribution in [-0.4, -0.2) is 61.2 Å². The molecule has 2 bridgehead atoms. The molecule has 2 atom stereocenters. The molecule has 0 aliphatic carbocycles. The molecule has 10 nitrogen and oxygen atoms in total. The second kappa shape index (κ2) is 7.49. The summed E-state index contributed by atoms with van der Waals surface area (Å²) < 4.78 is 22.3. The van der Waals surface area contributed by atoms with Crippen LogP contribution in [0.2, 0.25) is 0 Å². The van der Waals surface area contributed by atoms with Crippen molar-refractivity contribution in [3.63, 3.8) is 0 Å². The molecular formula is C22H19N3O7S. The maximum atomic E-state index is 13.4. The van der Waals surface area contributed by atoms with Crippen molar-refractivity contribution in [2.75, 3.05) is 37.3 Å². The second-order valence-corrected chi connectivity index (χ2v) is 8.96. The summed E-state index contributed by atoms with van der Waals surface area (Å²) in [5.74, 6) is -0.630. The van der Waals surface area contributed by atoms with Crippen LogP contribution in [0.25, 0.3) is 10.2 Å². The van der Waals surface area contributed by atoms with Gasteiger partial charge >= 0.3 is 5.97 Å². The predicted octanol–water partition coefficient (Wildman–Crippen LogP) is 2.96. The average molecular weight is 469 g/mol. The summed E-state index contributed by atoms with van der Waals surface area (Å²) >= 11 is 1.42. The molecule has 3 aliphatic rings. The van der Waals surface area contributed by atoms with Crippen LogP contribution in [0.5, 0.6) is 17.2 Å². The fourth-order valence-electron chi connectivity index (χ4n) is 4.52.